The van der Waals surface area contributed by atoms with E-state index in [1.54, 1.807) is 6.92 Å². The Morgan fingerprint density at radius 1 is 1.00 bits per heavy atom. The zero-order valence-corrected chi connectivity index (χ0v) is 10.8. The minimum absolute atomic E-state index is 0.146. The first-order chi connectivity index (χ1) is 8.70. The number of hydrogen-bond acceptors (Lipinski definition) is 6. The summed E-state index contributed by atoms with van der Waals surface area (Å²) >= 11 is 0. The lowest BCUT2D eigenvalue weighted by atomic mass is 10.1. The van der Waals surface area contributed by atoms with E-state index in [2.05, 4.69) is 9.80 Å². The van der Waals surface area contributed by atoms with E-state index in [9.17, 15) is 10.1 Å². The van der Waals surface area contributed by atoms with Crippen molar-refractivity contribution in [1.29, 1.82) is 0 Å². The smallest absolute Gasteiger partial charge is 0.238 e. The second-order valence-electron chi connectivity index (χ2n) is 4.74. The maximum absolute atomic E-state index is 11.1. The molecule has 7 heteroatoms. The highest BCUT2D eigenvalue weighted by Gasteiger charge is 2.38. The molecule has 0 aromatic rings. The molecule has 0 aromatic heterocycles. The predicted molar refractivity (Wildman–Crippen MR) is 65.0 cm³/mol. The van der Waals surface area contributed by atoms with Crippen LogP contribution in [-0.2, 0) is 9.47 Å². The van der Waals surface area contributed by atoms with E-state index >= 15 is 0 Å². The molecule has 104 valence electrons. The SMILES string of the molecule is CC(C(N1CCOCC1)N1CCOCC1)[N+](=O)[O-]. The molecular formula is C11H21N3O4. The van der Waals surface area contributed by atoms with Gasteiger partial charge in [-0.15, -0.1) is 0 Å². The average molecular weight is 259 g/mol. The van der Waals surface area contributed by atoms with Crippen LogP contribution in [0.15, 0.2) is 0 Å². The Kier molecular flexibility index (Phi) is 4.87. The van der Waals surface area contributed by atoms with Gasteiger partial charge in [-0.2, -0.15) is 0 Å². The molecule has 0 bridgehead atoms. The van der Waals surface area contributed by atoms with Crippen molar-refractivity contribution in [3.63, 3.8) is 0 Å². The van der Waals surface area contributed by atoms with Gasteiger partial charge >= 0.3 is 0 Å². The van der Waals surface area contributed by atoms with Crippen LogP contribution >= 0.6 is 0 Å². The lowest BCUT2D eigenvalue weighted by Crippen LogP contribution is -2.61. The van der Waals surface area contributed by atoms with Crippen LogP contribution < -0.4 is 0 Å². The quantitative estimate of drug-likeness (QED) is 0.507. The van der Waals surface area contributed by atoms with Crippen LogP contribution in [-0.4, -0.2) is 79.5 Å². The van der Waals surface area contributed by atoms with Crippen LogP contribution in [0.5, 0.6) is 0 Å². The lowest BCUT2D eigenvalue weighted by molar-refractivity contribution is -0.532. The monoisotopic (exact) mass is 259 g/mol. The molecule has 2 saturated heterocycles. The lowest BCUT2D eigenvalue weighted by Gasteiger charge is -2.42. The average Bonchev–Trinajstić information content (AvgIpc) is 2.41. The summed E-state index contributed by atoms with van der Waals surface area (Å²) in [6.45, 7) is 7.38. The third-order valence-corrected chi connectivity index (χ3v) is 3.60. The molecule has 2 rings (SSSR count). The fraction of sp³-hybridized carbons (Fsp3) is 1.00. The highest BCUT2D eigenvalue weighted by atomic mass is 16.6. The van der Waals surface area contributed by atoms with Crippen molar-refractivity contribution in [2.75, 3.05) is 52.6 Å². The van der Waals surface area contributed by atoms with Gasteiger partial charge in [0.25, 0.3) is 0 Å². The van der Waals surface area contributed by atoms with Crippen LogP contribution in [0.25, 0.3) is 0 Å². The van der Waals surface area contributed by atoms with Crippen molar-refractivity contribution in [1.82, 2.24) is 9.80 Å². The molecule has 7 nitrogen and oxygen atoms in total. The Bertz CT molecular complexity index is 259. The maximum Gasteiger partial charge on any atom is 0.238 e. The highest BCUT2D eigenvalue weighted by Crippen LogP contribution is 2.16. The molecule has 0 N–H and O–H groups in total. The van der Waals surface area contributed by atoms with Crippen molar-refractivity contribution < 1.29 is 14.4 Å². The molecule has 2 aliphatic heterocycles. The Hall–Kier alpha value is -0.760. The molecule has 0 amide bonds. The van der Waals surface area contributed by atoms with Gasteiger partial charge in [-0.05, 0) is 0 Å². The number of nitro groups is 1. The number of rotatable bonds is 4. The van der Waals surface area contributed by atoms with E-state index in [1.165, 1.54) is 0 Å². The fourth-order valence-electron chi connectivity index (χ4n) is 2.63. The topological polar surface area (TPSA) is 68.1 Å². The van der Waals surface area contributed by atoms with Crippen molar-refractivity contribution >= 4 is 0 Å². The molecule has 2 aliphatic rings. The van der Waals surface area contributed by atoms with Crippen molar-refractivity contribution in [3.8, 4) is 0 Å². The van der Waals surface area contributed by atoms with Crippen molar-refractivity contribution in [2.45, 2.75) is 19.1 Å². The minimum atomic E-state index is -0.596. The van der Waals surface area contributed by atoms with Crippen LogP contribution in [0.3, 0.4) is 0 Å². The van der Waals surface area contributed by atoms with Crippen LogP contribution in [0, 0.1) is 10.1 Å². The molecule has 1 atom stereocenters. The Morgan fingerprint density at radius 3 is 1.72 bits per heavy atom. The summed E-state index contributed by atoms with van der Waals surface area (Å²) < 4.78 is 10.6. The van der Waals surface area contributed by atoms with Gasteiger partial charge in [-0.25, -0.2) is 0 Å². The van der Waals surface area contributed by atoms with Gasteiger partial charge in [0.05, 0.1) is 26.4 Å². The number of ether oxygens (including phenoxy) is 2. The Labute approximate surface area is 107 Å². The first kappa shape index (κ1) is 13.7. The van der Waals surface area contributed by atoms with Crippen LogP contribution in [0.4, 0.5) is 0 Å². The van der Waals surface area contributed by atoms with E-state index in [0.29, 0.717) is 26.4 Å². The highest BCUT2D eigenvalue weighted by molar-refractivity contribution is 4.81. The summed E-state index contributed by atoms with van der Waals surface area (Å²) in [5, 5.41) is 11.1. The third-order valence-electron chi connectivity index (χ3n) is 3.60. The third kappa shape index (κ3) is 3.17. The van der Waals surface area contributed by atoms with Gasteiger partial charge in [-0.1, -0.05) is 0 Å². The largest absolute Gasteiger partial charge is 0.379 e. The molecule has 0 spiro atoms. The van der Waals surface area contributed by atoms with Crippen molar-refractivity contribution in [2.24, 2.45) is 0 Å². The molecule has 0 aliphatic carbocycles. The number of nitrogens with zero attached hydrogens (tertiary/aromatic N) is 3. The van der Waals surface area contributed by atoms with Crippen LogP contribution in [0.1, 0.15) is 6.92 Å². The fourth-order valence-corrected chi connectivity index (χ4v) is 2.63. The minimum Gasteiger partial charge on any atom is -0.379 e. The zero-order valence-electron chi connectivity index (χ0n) is 10.8. The van der Waals surface area contributed by atoms with Gasteiger partial charge < -0.3 is 9.47 Å². The summed E-state index contributed by atoms with van der Waals surface area (Å²) in [5.74, 6) is 0. The second kappa shape index (κ2) is 6.42. The summed E-state index contributed by atoms with van der Waals surface area (Å²) in [5.41, 5.74) is 0. The van der Waals surface area contributed by atoms with E-state index in [4.69, 9.17) is 9.47 Å². The van der Waals surface area contributed by atoms with Crippen LogP contribution in [0.2, 0.25) is 0 Å². The Morgan fingerprint density at radius 2 is 1.39 bits per heavy atom. The van der Waals surface area contributed by atoms with E-state index < -0.39 is 6.04 Å². The van der Waals surface area contributed by atoms with E-state index in [-0.39, 0.29) is 11.1 Å². The molecule has 0 radical (unpaired) electrons. The summed E-state index contributed by atoms with van der Waals surface area (Å²) in [6, 6.07) is -0.596. The predicted octanol–water partition coefficient (Wildman–Crippen LogP) is -0.358. The summed E-state index contributed by atoms with van der Waals surface area (Å²) in [4.78, 5) is 15.3. The molecule has 18 heavy (non-hydrogen) atoms. The van der Waals surface area contributed by atoms with E-state index in [0.717, 1.165) is 26.2 Å². The number of morpholine rings is 2. The first-order valence-corrected chi connectivity index (χ1v) is 6.47. The molecular weight excluding hydrogens is 238 g/mol. The standard InChI is InChI=1S/C11H21N3O4/c1-10(14(15)16)11(12-2-6-17-7-3-12)13-4-8-18-9-5-13/h10-11H,2-9H2,1H3. The molecule has 1 unspecified atom stereocenters. The Balaban J connectivity index is 2.07. The second-order valence-corrected chi connectivity index (χ2v) is 4.74. The van der Waals surface area contributed by atoms with E-state index in [1.807, 2.05) is 0 Å². The molecule has 0 aromatic carbocycles. The summed E-state index contributed by atoms with van der Waals surface area (Å²) in [6.07, 6.45) is -0.146. The van der Waals surface area contributed by atoms with Gasteiger partial charge in [-0.3, -0.25) is 19.9 Å². The maximum atomic E-state index is 11.1. The van der Waals surface area contributed by atoms with Gasteiger partial charge in [0.15, 0.2) is 0 Å². The van der Waals surface area contributed by atoms with Crippen molar-refractivity contribution in [3.05, 3.63) is 10.1 Å². The number of hydrogen-bond donors (Lipinski definition) is 0. The molecule has 0 saturated carbocycles. The molecule has 2 fully saturated rings. The van der Waals surface area contributed by atoms with Gasteiger partial charge in [0.1, 0.15) is 6.17 Å². The van der Waals surface area contributed by atoms with Gasteiger partial charge in [0, 0.05) is 38.0 Å². The molecule has 2 heterocycles. The first-order valence-electron chi connectivity index (χ1n) is 6.47. The van der Waals surface area contributed by atoms with Gasteiger partial charge in [0.2, 0.25) is 6.04 Å². The zero-order chi connectivity index (χ0) is 13.0. The summed E-state index contributed by atoms with van der Waals surface area (Å²) in [7, 11) is 0. The normalized spacial score (nSPS) is 25.2.